The van der Waals surface area contributed by atoms with Crippen molar-refractivity contribution in [3.8, 4) is 11.8 Å². The van der Waals surface area contributed by atoms with Gasteiger partial charge in [-0.05, 0) is 98.8 Å². The average molecular weight is 685 g/mol. The fraction of sp³-hybridized carbons (Fsp3) is 0.0417. The lowest BCUT2D eigenvalue weighted by molar-refractivity contribution is -0.112. The van der Waals surface area contributed by atoms with E-state index in [1.54, 1.807) is 36.4 Å². The number of halogens is 3. The lowest BCUT2D eigenvalue weighted by Gasteiger charge is -2.12. The number of carboxylic acids is 1. The highest BCUT2D eigenvalue weighted by atomic mass is 127. The van der Waals surface area contributed by atoms with Crippen molar-refractivity contribution in [3.05, 3.63) is 95.1 Å². The minimum Gasteiger partial charge on any atom is -0.487 e. The second-order valence-corrected chi connectivity index (χ2v) is 9.44. The van der Waals surface area contributed by atoms with Crippen LogP contribution in [-0.4, -0.2) is 17.0 Å². The number of hydrogen-bond acceptors (Lipinski definition) is 4. The predicted octanol–water partition coefficient (Wildman–Crippen LogP) is 6.37. The van der Waals surface area contributed by atoms with E-state index < -0.39 is 11.9 Å². The summed E-state index contributed by atoms with van der Waals surface area (Å²) in [7, 11) is 0. The molecule has 2 N–H and O–H groups in total. The average Bonchev–Trinajstić information content (AvgIpc) is 2.78. The third-order valence-corrected chi connectivity index (χ3v) is 6.33. The van der Waals surface area contributed by atoms with Crippen LogP contribution in [0.1, 0.15) is 21.5 Å². The smallest absolute Gasteiger partial charge is 0.335 e. The number of benzene rings is 3. The molecule has 0 saturated carbocycles. The Morgan fingerprint density at radius 2 is 1.73 bits per heavy atom. The number of carbonyl (C=O) groups is 2. The fourth-order valence-corrected chi connectivity index (χ4v) is 5.08. The van der Waals surface area contributed by atoms with E-state index in [2.05, 4.69) is 50.5 Å². The molecule has 0 spiro atoms. The lowest BCUT2D eigenvalue weighted by Crippen LogP contribution is -2.13. The van der Waals surface area contributed by atoms with Gasteiger partial charge < -0.3 is 15.2 Å². The van der Waals surface area contributed by atoms with E-state index in [1.807, 2.05) is 18.2 Å². The van der Waals surface area contributed by atoms with Gasteiger partial charge in [-0.2, -0.15) is 5.26 Å². The van der Waals surface area contributed by atoms with Gasteiger partial charge in [-0.25, -0.2) is 4.79 Å². The van der Waals surface area contributed by atoms with Crippen LogP contribution in [0.3, 0.4) is 0 Å². The van der Waals surface area contributed by atoms with Gasteiger partial charge in [-0.1, -0.05) is 35.9 Å². The zero-order valence-electron chi connectivity index (χ0n) is 16.8. The minimum atomic E-state index is -0.979. The van der Waals surface area contributed by atoms with Gasteiger partial charge >= 0.3 is 5.97 Å². The molecule has 0 fully saturated rings. The van der Waals surface area contributed by atoms with Crippen molar-refractivity contribution in [2.24, 2.45) is 0 Å². The Labute approximate surface area is 222 Å². The van der Waals surface area contributed by atoms with Gasteiger partial charge in [-0.3, -0.25) is 4.79 Å². The number of anilines is 1. The summed E-state index contributed by atoms with van der Waals surface area (Å²) in [6.07, 6.45) is 1.50. The van der Waals surface area contributed by atoms with E-state index in [-0.39, 0.29) is 17.7 Å². The Bertz CT molecular complexity index is 1260. The summed E-state index contributed by atoms with van der Waals surface area (Å²) in [5, 5.41) is 21.5. The van der Waals surface area contributed by atoms with E-state index >= 15 is 0 Å². The molecule has 166 valence electrons. The van der Waals surface area contributed by atoms with E-state index in [0.717, 1.165) is 12.7 Å². The van der Waals surface area contributed by atoms with Gasteiger partial charge in [0.1, 0.15) is 24.0 Å². The lowest BCUT2D eigenvalue weighted by atomic mass is 10.1. The van der Waals surface area contributed by atoms with Gasteiger partial charge in [0.2, 0.25) is 0 Å². The van der Waals surface area contributed by atoms with Gasteiger partial charge in [0.25, 0.3) is 5.91 Å². The Kier molecular flexibility index (Phi) is 8.71. The number of para-hydroxylation sites is 1. The molecule has 0 aromatic heterocycles. The number of amides is 1. The van der Waals surface area contributed by atoms with Crippen LogP contribution < -0.4 is 10.1 Å². The first-order valence-corrected chi connectivity index (χ1v) is 11.9. The number of ether oxygens (including phenoxy) is 1. The van der Waals surface area contributed by atoms with Crippen LogP contribution in [0.15, 0.2) is 66.2 Å². The molecule has 0 aliphatic rings. The van der Waals surface area contributed by atoms with Crippen molar-refractivity contribution in [2.75, 3.05) is 5.32 Å². The van der Waals surface area contributed by atoms with E-state index in [9.17, 15) is 14.9 Å². The molecule has 3 aromatic carbocycles. The zero-order valence-corrected chi connectivity index (χ0v) is 21.9. The van der Waals surface area contributed by atoms with Crippen molar-refractivity contribution in [1.82, 2.24) is 0 Å². The number of nitriles is 1. The third kappa shape index (κ3) is 6.69. The maximum atomic E-state index is 12.5. The van der Waals surface area contributed by atoms with Crippen LogP contribution >= 0.6 is 56.8 Å². The van der Waals surface area contributed by atoms with Gasteiger partial charge in [-0.15, -0.1) is 0 Å². The first-order valence-electron chi connectivity index (χ1n) is 9.40. The van der Waals surface area contributed by atoms with E-state index in [0.29, 0.717) is 22.0 Å². The van der Waals surface area contributed by atoms with Gasteiger partial charge in [0.15, 0.2) is 0 Å². The molecular formula is C24H15ClI2N2O4. The largest absolute Gasteiger partial charge is 0.487 e. The van der Waals surface area contributed by atoms with Crippen molar-refractivity contribution in [1.29, 1.82) is 5.26 Å². The van der Waals surface area contributed by atoms with Crippen molar-refractivity contribution >= 4 is 80.4 Å². The number of aromatic carboxylic acids is 1. The predicted molar refractivity (Wildman–Crippen MR) is 143 cm³/mol. The van der Waals surface area contributed by atoms with Crippen LogP contribution in [0.25, 0.3) is 6.08 Å². The third-order valence-electron chi connectivity index (χ3n) is 4.40. The summed E-state index contributed by atoms with van der Waals surface area (Å²) < 4.78 is 7.54. The SMILES string of the molecule is N#C/C(=C/c1cc(I)c(OCc2ccc(C(=O)O)cc2)c(I)c1)C(=O)Nc1ccccc1Cl. The number of nitrogens with zero attached hydrogens (tertiary/aromatic N) is 1. The van der Waals surface area contributed by atoms with Gasteiger partial charge in [0, 0.05) is 0 Å². The van der Waals surface area contributed by atoms with Crippen LogP contribution in [-0.2, 0) is 11.4 Å². The van der Waals surface area contributed by atoms with Crippen molar-refractivity contribution < 1.29 is 19.4 Å². The van der Waals surface area contributed by atoms with Crippen molar-refractivity contribution in [3.63, 3.8) is 0 Å². The van der Waals surface area contributed by atoms with E-state index in [4.69, 9.17) is 21.4 Å². The highest BCUT2D eigenvalue weighted by Crippen LogP contribution is 2.31. The van der Waals surface area contributed by atoms with Crippen LogP contribution in [0.2, 0.25) is 5.02 Å². The monoisotopic (exact) mass is 684 g/mol. The molecule has 0 aliphatic heterocycles. The molecule has 0 heterocycles. The molecule has 3 rings (SSSR count). The fourth-order valence-electron chi connectivity index (χ4n) is 2.77. The minimum absolute atomic E-state index is 0.0614. The maximum Gasteiger partial charge on any atom is 0.335 e. The molecule has 0 saturated heterocycles. The summed E-state index contributed by atoms with van der Waals surface area (Å²) in [6.45, 7) is 0.269. The first-order chi connectivity index (χ1) is 15.8. The highest BCUT2D eigenvalue weighted by molar-refractivity contribution is 14.1. The van der Waals surface area contributed by atoms with Crippen molar-refractivity contribution in [2.45, 2.75) is 6.61 Å². The molecule has 0 atom stereocenters. The molecule has 1 amide bonds. The summed E-state index contributed by atoms with van der Waals surface area (Å²) in [6, 6.07) is 18.8. The Morgan fingerprint density at radius 1 is 1.09 bits per heavy atom. The number of carbonyl (C=O) groups excluding carboxylic acids is 1. The molecule has 0 bridgehead atoms. The van der Waals surface area contributed by atoms with E-state index in [1.165, 1.54) is 18.2 Å². The second-order valence-electron chi connectivity index (χ2n) is 6.71. The summed E-state index contributed by atoms with van der Waals surface area (Å²) in [4.78, 5) is 23.5. The molecule has 6 nitrogen and oxygen atoms in total. The Hall–Kier alpha value is -2.62. The second kappa shape index (κ2) is 11.5. The molecular weight excluding hydrogens is 670 g/mol. The normalized spacial score (nSPS) is 10.9. The molecule has 0 radical (unpaired) electrons. The summed E-state index contributed by atoms with van der Waals surface area (Å²) in [5.41, 5.74) is 2.08. The molecule has 9 heteroatoms. The molecule has 0 aliphatic carbocycles. The number of rotatable bonds is 7. The molecule has 3 aromatic rings. The standard InChI is InChI=1S/C24H15ClI2N2O4/c25-18-3-1-2-4-21(18)29-23(30)17(12-28)9-15-10-19(26)22(20(27)11-15)33-13-14-5-7-16(8-6-14)24(31)32/h1-11H,13H2,(H,29,30)(H,31,32)/b17-9-. The number of hydrogen-bond donors (Lipinski definition) is 2. The number of carboxylic acid groups (broad SMARTS) is 1. The molecule has 33 heavy (non-hydrogen) atoms. The highest BCUT2D eigenvalue weighted by Gasteiger charge is 2.14. The van der Waals surface area contributed by atoms with Crippen LogP contribution in [0.5, 0.6) is 5.75 Å². The topological polar surface area (TPSA) is 99.4 Å². The maximum absolute atomic E-state index is 12.5. The quantitative estimate of drug-likeness (QED) is 0.171. The zero-order chi connectivity index (χ0) is 24.0. The Morgan fingerprint density at radius 3 is 2.30 bits per heavy atom. The Balaban J connectivity index is 1.75. The molecule has 0 unspecified atom stereocenters. The van der Waals surface area contributed by atoms with Crippen LogP contribution in [0, 0.1) is 18.5 Å². The van der Waals surface area contributed by atoms with Gasteiger partial charge in [0.05, 0.1) is 23.4 Å². The number of nitrogens with one attached hydrogen (secondary N) is 1. The summed E-state index contributed by atoms with van der Waals surface area (Å²) >= 11 is 10.3. The van der Waals surface area contributed by atoms with Crippen LogP contribution in [0.4, 0.5) is 5.69 Å². The summed E-state index contributed by atoms with van der Waals surface area (Å²) in [5.74, 6) is -0.872. The first kappa shape index (κ1) is 25.0.